The third-order valence-electron chi connectivity index (χ3n) is 5.03. The Labute approximate surface area is 182 Å². The van der Waals surface area contributed by atoms with E-state index in [-0.39, 0.29) is 24.6 Å². The molecule has 9 heteroatoms. The molecular weight excluding hydrogens is 460 g/mol. The van der Waals surface area contributed by atoms with Crippen LogP contribution in [0.2, 0.25) is 5.02 Å². The zero-order valence-electron chi connectivity index (χ0n) is 15.6. The number of rotatable bonds is 5. The molecule has 1 unspecified atom stereocenters. The van der Waals surface area contributed by atoms with Crippen LogP contribution in [0.5, 0.6) is 5.88 Å². The largest absolute Gasteiger partial charge is 0.472 e. The Bertz CT molecular complexity index is 911. The van der Waals surface area contributed by atoms with E-state index in [0.717, 1.165) is 16.6 Å². The summed E-state index contributed by atoms with van der Waals surface area (Å²) in [6, 6.07) is 10.7. The molecule has 0 spiro atoms. The number of carbonyl (C=O) groups is 2. The predicted molar refractivity (Wildman–Crippen MR) is 113 cm³/mol. The number of anilines is 1. The summed E-state index contributed by atoms with van der Waals surface area (Å²) < 4.78 is 6.75. The highest BCUT2D eigenvalue weighted by Gasteiger charge is 2.34. The number of ether oxygens (including phenoxy) is 1. The molecule has 4 rings (SSSR count). The lowest BCUT2D eigenvalue weighted by Crippen LogP contribution is -2.42. The normalized spacial score (nSPS) is 19.2. The molecule has 1 atom stereocenters. The maximum atomic E-state index is 12.7. The highest BCUT2D eigenvalue weighted by molar-refractivity contribution is 9.10. The predicted octanol–water partition coefficient (Wildman–Crippen LogP) is 3.42. The molecule has 2 aromatic rings. The van der Waals surface area contributed by atoms with Crippen LogP contribution in [0, 0.1) is 0 Å². The van der Waals surface area contributed by atoms with Crippen LogP contribution in [0.4, 0.5) is 10.5 Å². The zero-order valence-corrected chi connectivity index (χ0v) is 18.0. The fourth-order valence-electron chi connectivity index (χ4n) is 3.53. The van der Waals surface area contributed by atoms with E-state index in [0.29, 0.717) is 37.1 Å². The van der Waals surface area contributed by atoms with E-state index in [4.69, 9.17) is 16.3 Å². The molecule has 0 bridgehead atoms. The molecule has 0 N–H and O–H groups in total. The Morgan fingerprint density at radius 3 is 2.86 bits per heavy atom. The number of amides is 3. The first kappa shape index (κ1) is 20.0. The molecule has 1 aromatic carbocycles. The van der Waals surface area contributed by atoms with Crippen molar-refractivity contribution in [3.8, 4) is 5.88 Å². The fraction of sp³-hybridized carbons (Fsp3) is 0.350. The van der Waals surface area contributed by atoms with Gasteiger partial charge in [0.1, 0.15) is 12.6 Å². The molecular formula is C20H20BrClN4O3. The average Bonchev–Trinajstić information content (AvgIpc) is 3.31. The number of aromatic nitrogens is 1. The second-order valence-corrected chi connectivity index (χ2v) is 8.37. The van der Waals surface area contributed by atoms with Crippen molar-refractivity contribution in [2.45, 2.75) is 12.5 Å². The van der Waals surface area contributed by atoms with Crippen molar-refractivity contribution in [2.24, 2.45) is 0 Å². The quantitative estimate of drug-likeness (QED) is 0.659. The van der Waals surface area contributed by atoms with Crippen LogP contribution in [-0.4, -0.2) is 65.5 Å². The van der Waals surface area contributed by atoms with Crippen molar-refractivity contribution in [3.63, 3.8) is 0 Å². The number of likely N-dealkylation sites (tertiary alicyclic amines) is 1. The summed E-state index contributed by atoms with van der Waals surface area (Å²) in [5.74, 6) is 0.473. The van der Waals surface area contributed by atoms with Gasteiger partial charge in [0.25, 0.3) is 0 Å². The van der Waals surface area contributed by atoms with Gasteiger partial charge in [-0.15, -0.1) is 0 Å². The van der Waals surface area contributed by atoms with E-state index in [1.807, 2.05) is 18.2 Å². The van der Waals surface area contributed by atoms with E-state index in [1.54, 1.807) is 39.1 Å². The minimum Gasteiger partial charge on any atom is -0.472 e. The topological polar surface area (TPSA) is 66.0 Å². The minimum absolute atomic E-state index is 0.0684. The Kier molecular flexibility index (Phi) is 5.91. The van der Waals surface area contributed by atoms with Crippen molar-refractivity contribution in [1.82, 2.24) is 14.8 Å². The molecule has 2 aliphatic heterocycles. The second-order valence-electron chi connectivity index (χ2n) is 7.02. The van der Waals surface area contributed by atoms with Gasteiger partial charge in [-0.25, -0.2) is 9.78 Å². The van der Waals surface area contributed by atoms with Crippen LogP contribution in [-0.2, 0) is 4.79 Å². The molecule has 0 saturated carbocycles. The summed E-state index contributed by atoms with van der Waals surface area (Å²) in [5.41, 5.74) is 0.745. The van der Waals surface area contributed by atoms with Gasteiger partial charge < -0.3 is 14.5 Å². The van der Waals surface area contributed by atoms with Crippen LogP contribution < -0.4 is 9.64 Å². The first-order valence-electron chi connectivity index (χ1n) is 9.37. The van der Waals surface area contributed by atoms with Gasteiger partial charge >= 0.3 is 6.03 Å². The highest BCUT2D eigenvalue weighted by Crippen LogP contribution is 2.24. The molecule has 152 valence electrons. The number of carbonyl (C=O) groups excluding carboxylic acids is 2. The van der Waals surface area contributed by atoms with Crippen molar-refractivity contribution in [3.05, 3.63) is 52.1 Å². The van der Waals surface area contributed by atoms with Crippen LogP contribution in [0.1, 0.15) is 6.42 Å². The smallest absolute Gasteiger partial charge is 0.325 e. The van der Waals surface area contributed by atoms with E-state index >= 15 is 0 Å². The number of hydrogen-bond donors (Lipinski definition) is 0. The van der Waals surface area contributed by atoms with Gasteiger partial charge in [-0.05, 0) is 40.2 Å². The maximum absolute atomic E-state index is 12.7. The van der Waals surface area contributed by atoms with Crippen LogP contribution in [0.25, 0.3) is 0 Å². The van der Waals surface area contributed by atoms with Gasteiger partial charge in [-0.1, -0.05) is 17.7 Å². The number of benzene rings is 1. The van der Waals surface area contributed by atoms with Crippen LogP contribution in [0.15, 0.2) is 47.1 Å². The standard InChI is InChI=1S/C20H20BrClN4O3/c21-14-4-5-18(23-11-14)29-17-6-7-24(12-17)19(27)13-25-8-9-26(20(25)28)16-3-1-2-15(22)10-16/h1-5,10-11,17H,6-9,12-13H2. The number of pyridine rings is 1. The van der Waals surface area contributed by atoms with E-state index in [2.05, 4.69) is 20.9 Å². The molecule has 2 aliphatic rings. The Morgan fingerprint density at radius 2 is 2.10 bits per heavy atom. The Balaban J connectivity index is 1.30. The number of urea groups is 1. The molecule has 29 heavy (non-hydrogen) atoms. The zero-order chi connectivity index (χ0) is 20.4. The molecule has 0 radical (unpaired) electrons. The SMILES string of the molecule is O=C(CN1CCN(c2cccc(Cl)c2)C1=O)N1CCC(Oc2ccc(Br)cn2)C1. The number of halogens is 2. The number of nitrogens with zero attached hydrogens (tertiary/aromatic N) is 4. The molecule has 3 heterocycles. The Hall–Kier alpha value is -2.32. The summed E-state index contributed by atoms with van der Waals surface area (Å²) in [6.07, 6.45) is 2.33. The minimum atomic E-state index is -0.174. The molecule has 1 aromatic heterocycles. The Morgan fingerprint density at radius 1 is 1.24 bits per heavy atom. The maximum Gasteiger partial charge on any atom is 0.325 e. The fourth-order valence-corrected chi connectivity index (χ4v) is 3.95. The third kappa shape index (κ3) is 4.64. The van der Waals surface area contributed by atoms with Crippen molar-refractivity contribution >= 4 is 45.2 Å². The summed E-state index contributed by atoms with van der Waals surface area (Å²) >= 11 is 9.37. The van der Waals surface area contributed by atoms with Crippen LogP contribution >= 0.6 is 27.5 Å². The van der Waals surface area contributed by atoms with E-state index in [9.17, 15) is 9.59 Å². The summed E-state index contributed by atoms with van der Waals surface area (Å²) in [6.45, 7) is 2.22. The summed E-state index contributed by atoms with van der Waals surface area (Å²) in [7, 11) is 0. The summed E-state index contributed by atoms with van der Waals surface area (Å²) in [5, 5.41) is 0.577. The van der Waals surface area contributed by atoms with Gasteiger partial charge in [-0.2, -0.15) is 0 Å². The lowest BCUT2D eigenvalue weighted by atomic mass is 10.3. The van der Waals surface area contributed by atoms with Gasteiger partial charge in [-0.3, -0.25) is 9.69 Å². The van der Waals surface area contributed by atoms with Gasteiger partial charge in [0.15, 0.2) is 0 Å². The molecule has 3 amide bonds. The van der Waals surface area contributed by atoms with E-state index in [1.165, 1.54) is 0 Å². The lowest BCUT2D eigenvalue weighted by Gasteiger charge is -2.22. The van der Waals surface area contributed by atoms with Crippen molar-refractivity contribution in [1.29, 1.82) is 0 Å². The number of hydrogen-bond acceptors (Lipinski definition) is 4. The lowest BCUT2D eigenvalue weighted by molar-refractivity contribution is -0.130. The van der Waals surface area contributed by atoms with Crippen LogP contribution in [0.3, 0.4) is 0 Å². The van der Waals surface area contributed by atoms with Gasteiger partial charge in [0.05, 0.1) is 6.54 Å². The van der Waals surface area contributed by atoms with E-state index < -0.39 is 0 Å². The van der Waals surface area contributed by atoms with Gasteiger partial charge in [0.2, 0.25) is 11.8 Å². The van der Waals surface area contributed by atoms with Crippen molar-refractivity contribution in [2.75, 3.05) is 37.6 Å². The average molecular weight is 480 g/mol. The molecule has 2 fully saturated rings. The highest BCUT2D eigenvalue weighted by atomic mass is 79.9. The van der Waals surface area contributed by atoms with Crippen molar-refractivity contribution < 1.29 is 14.3 Å². The molecule has 0 aliphatic carbocycles. The second kappa shape index (κ2) is 8.59. The summed E-state index contributed by atoms with van der Waals surface area (Å²) in [4.78, 5) is 34.6. The first-order chi connectivity index (χ1) is 14.0. The monoisotopic (exact) mass is 478 g/mol. The molecule has 2 saturated heterocycles. The third-order valence-corrected chi connectivity index (χ3v) is 5.73. The molecule has 7 nitrogen and oxygen atoms in total. The van der Waals surface area contributed by atoms with Gasteiger partial charge in [0, 0.05) is 53.5 Å². The first-order valence-corrected chi connectivity index (χ1v) is 10.5.